The summed E-state index contributed by atoms with van der Waals surface area (Å²) in [5.74, 6) is -7.50. The lowest BCUT2D eigenvalue weighted by Gasteiger charge is -2.47. The van der Waals surface area contributed by atoms with Crippen molar-refractivity contribution in [1.29, 1.82) is 0 Å². The summed E-state index contributed by atoms with van der Waals surface area (Å²) in [5.41, 5.74) is 1.27. The van der Waals surface area contributed by atoms with Crippen LogP contribution in [0, 0.1) is 11.8 Å². The molecule has 0 radical (unpaired) electrons. The van der Waals surface area contributed by atoms with Gasteiger partial charge in [-0.2, -0.15) is 0 Å². The van der Waals surface area contributed by atoms with Crippen molar-refractivity contribution in [1.82, 2.24) is 0 Å². The third kappa shape index (κ3) is 2.05. The summed E-state index contributed by atoms with van der Waals surface area (Å²) in [4.78, 5) is 36.9. The summed E-state index contributed by atoms with van der Waals surface area (Å²) in [6, 6.07) is 4.20. The molecule has 1 aromatic rings. The maximum atomic E-state index is 13.2. The molecule has 0 bridgehead atoms. The van der Waals surface area contributed by atoms with Gasteiger partial charge in [0.05, 0.1) is 11.7 Å². The van der Waals surface area contributed by atoms with E-state index in [0.717, 1.165) is 0 Å². The lowest BCUT2D eigenvalue weighted by Crippen LogP contribution is -2.58. The molecule has 9 nitrogen and oxygen atoms in total. The Morgan fingerprint density at radius 3 is 2.50 bits per heavy atom. The van der Waals surface area contributed by atoms with E-state index in [4.69, 9.17) is 5.73 Å². The highest BCUT2D eigenvalue weighted by Gasteiger charge is 2.61. The first-order valence-electron chi connectivity index (χ1n) is 8.58. The molecule has 1 aromatic carbocycles. The average molecular weight is 387 g/mol. The molecular formula is C19H17NO8. The number of Topliss-reactive ketones (excluding diaryl/α,β-unsaturated/α-hetero) is 2. The maximum absolute atomic E-state index is 13.2. The van der Waals surface area contributed by atoms with Gasteiger partial charge in [-0.25, -0.2) is 0 Å². The molecule has 0 spiro atoms. The van der Waals surface area contributed by atoms with Gasteiger partial charge in [-0.1, -0.05) is 12.1 Å². The Kier molecular flexibility index (Phi) is 3.68. The van der Waals surface area contributed by atoms with Gasteiger partial charge in [-0.15, -0.1) is 0 Å². The number of hydrogen-bond donors (Lipinski definition) is 6. The molecule has 1 amide bonds. The third-order valence-corrected chi connectivity index (χ3v) is 5.91. The minimum Gasteiger partial charge on any atom is -0.508 e. The van der Waals surface area contributed by atoms with Crippen molar-refractivity contribution in [2.45, 2.75) is 24.5 Å². The number of carbonyl (C=O) groups excluding carboxylic acids is 3. The number of phenols is 1. The third-order valence-electron chi connectivity index (χ3n) is 5.91. The molecule has 4 rings (SSSR count). The van der Waals surface area contributed by atoms with Crippen molar-refractivity contribution in [2.75, 3.05) is 0 Å². The standard InChI is InChI=1S/C19H17NO8/c20-18(27)13-10(22)5-6-4-8-12(16(25)19(6,28)17(13)26)15(24)11-7(14(8)23)2-1-3-9(11)21/h1-3,6,8,14,21,23-24,26,28H,4-5H2,(H2,20,27)/t6-,8?,14+,19-/m0/s1. The van der Waals surface area contributed by atoms with Crippen LogP contribution in [-0.2, 0) is 14.4 Å². The Hall–Kier alpha value is -3.17. The number of ketones is 2. The van der Waals surface area contributed by atoms with E-state index in [9.17, 15) is 39.9 Å². The van der Waals surface area contributed by atoms with E-state index in [2.05, 4.69) is 0 Å². The normalized spacial score (nSPS) is 32.0. The van der Waals surface area contributed by atoms with Gasteiger partial charge in [0.1, 0.15) is 22.8 Å². The number of aliphatic hydroxyl groups excluding tert-OH is 3. The number of rotatable bonds is 1. The first-order chi connectivity index (χ1) is 13.1. The summed E-state index contributed by atoms with van der Waals surface area (Å²) in [7, 11) is 0. The number of carbonyl (C=O) groups is 3. The fraction of sp³-hybridized carbons (Fsp3) is 0.316. The Balaban J connectivity index is 1.97. The Labute approximate surface area is 158 Å². The fourth-order valence-corrected chi connectivity index (χ4v) is 4.57. The largest absolute Gasteiger partial charge is 0.508 e. The second-order valence-corrected chi connectivity index (χ2v) is 7.30. The monoisotopic (exact) mass is 387 g/mol. The van der Waals surface area contributed by atoms with E-state index < -0.39 is 64.5 Å². The molecule has 0 saturated heterocycles. The minimum atomic E-state index is -2.64. The van der Waals surface area contributed by atoms with E-state index in [0.29, 0.717) is 0 Å². The van der Waals surface area contributed by atoms with Crippen molar-refractivity contribution in [3.63, 3.8) is 0 Å². The minimum absolute atomic E-state index is 0.125. The number of phenolic OH excluding ortho intramolecular Hbond substituents is 1. The van der Waals surface area contributed by atoms with E-state index in [1.807, 2.05) is 0 Å². The number of amides is 1. The van der Waals surface area contributed by atoms with Gasteiger partial charge in [0, 0.05) is 23.8 Å². The zero-order chi connectivity index (χ0) is 20.5. The van der Waals surface area contributed by atoms with Gasteiger partial charge >= 0.3 is 0 Å². The number of nitrogens with two attached hydrogens (primary N) is 1. The van der Waals surface area contributed by atoms with Crippen molar-refractivity contribution >= 4 is 23.2 Å². The van der Waals surface area contributed by atoms with Gasteiger partial charge in [-0.3, -0.25) is 14.4 Å². The molecule has 1 unspecified atom stereocenters. The summed E-state index contributed by atoms with van der Waals surface area (Å²) in [6.07, 6.45) is -1.85. The van der Waals surface area contributed by atoms with Gasteiger partial charge in [-0.05, 0) is 18.1 Å². The molecule has 0 aromatic heterocycles. The van der Waals surface area contributed by atoms with Crippen LogP contribution in [0.25, 0.3) is 5.76 Å². The summed E-state index contributed by atoms with van der Waals surface area (Å²) in [6.45, 7) is 0. The van der Waals surface area contributed by atoms with Gasteiger partial charge < -0.3 is 31.3 Å². The first-order valence-corrected chi connectivity index (χ1v) is 8.58. The number of benzene rings is 1. The molecule has 0 aliphatic heterocycles. The van der Waals surface area contributed by atoms with Crippen LogP contribution in [0.3, 0.4) is 0 Å². The van der Waals surface area contributed by atoms with Crippen molar-refractivity contribution in [3.8, 4) is 5.75 Å². The van der Waals surface area contributed by atoms with Crippen LogP contribution in [0.5, 0.6) is 5.75 Å². The zero-order valence-electron chi connectivity index (χ0n) is 14.4. The number of aromatic hydroxyl groups is 1. The summed E-state index contributed by atoms with van der Waals surface area (Å²) < 4.78 is 0. The SMILES string of the molecule is NC(=O)C1=C(O)[C@@]2(O)C(=O)C3=C(O)c4c(O)cccc4[C@@H](O)C3C[C@H]2CC1=O. The Morgan fingerprint density at radius 2 is 1.86 bits per heavy atom. The number of primary amides is 1. The molecule has 1 saturated carbocycles. The van der Waals surface area contributed by atoms with Crippen molar-refractivity contribution in [3.05, 3.63) is 46.2 Å². The summed E-state index contributed by atoms with van der Waals surface area (Å²) in [5, 5.41) is 52.9. The Bertz CT molecular complexity index is 1020. The van der Waals surface area contributed by atoms with Crippen molar-refractivity contribution in [2.24, 2.45) is 17.6 Å². The number of aliphatic hydroxyl groups is 4. The predicted octanol–water partition coefficient (Wildman–Crippen LogP) is -0.0852. The highest BCUT2D eigenvalue weighted by atomic mass is 16.3. The molecule has 3 aliphatic carbocycles. The summed E-state index contributed by atoms with van der Waals surface area (Å²) >= 11 is 0. The molecule has 3 aliphatic rings. The average Bonchev–Trinajstić information content (AvgIpc) is 2.62. The van der Waals surface area contributed by atoms with E-state index in [1.165, 1.54) is 18.2 Å². The lowest BCUT2D eigenvalue weighted by atomic mass is 9.58. The Morgan fingerprint density at radius 1 is 1.18 bits per heavy atom. The fourth-order valence-electron chi connectivity index (χ4n) is 4.57. The van der Waals surface area contributed by atoms with Crippen LogP contribution in [-0.4, -0.2) is 48.6 Å². The van der Waals surface area contributed by atoms with E-state index in [-0.39, 0.29) is 28.9 Å². The molecule has 0 heterocycles. The quantitative estimate of drug-likeness (QED) is 0.362. The maximum Gasteiger partial charge on any atom is 0.255 e. The molecule has 146 valence electrons. The topological polar surface area (TPSA) is 178 Å². The van der Waals surface area contributed by atoms with Crippen LogP contribution in [0.2, 0.25) is 0 Å². The van der Waals surface area contributed by atoms with Crippen LogP contribution in [0.1, 0.15) is 30.1 Å². The smallest absolute Gasteiger partial charge is 0.255 e. The van der Waals surface area contributed by atoms with Gasteiger partial charge in [0.15, 0.2) is 11.4 Å². The van der Waals surface area contributed by atoms with Crippen LogP contribution in [0.15, 0.2) is 35.1 Å². The van der Waals surface area contributed by atoms with Crippen LogP contribution < -0.4 is 5.73 Å². The van der Waals surface area contributed by atoms with E-state index in [1.54, 1.807) is 0 Å². The van der Waals surface area contributed by atoms with Gasteiger partial charge in [0.2, 0.25) is 5.78 Å². The van der Waals surface area contributed by atoms with Crippen molar-refractivity contribution < 1.29 is 39.9 Å². The molecule has 1 fully saturated rings. The molecule has 9 heteroatoms. The first kappa shape index (κ1) is 18.2. The number of fused-ring (bicyclic) bond motifs is 3. The zero-order valence-corrected chi connectivity index (χ0v) is 14.4. The second kappa shape index (κ2) is 5.66. The molecule has 28 heavy (non-hydrogen) atoms. The van der Waals surface area contributed by atoms with Crippen LogP contribution >= 0.6 is 0 Å². The molecular weight excluding hydrogens is 370 g/mol. The highest BCUT2D eigenvalue weighted by Crippen LogP contribution is 2.54. The predicted molar refractivity (Wildman–Crippen MR) is 92.6 cm³/mol. The van der Waals surface area contributed by atoms with Gasteiger partial charge in [0.25, 0.3) is 5.91 Å². The molecule has 7 N–H and O–H groups in total. The second-order valence-electron chi connectivity index (χ2n) is 7.30. The van der Waals surface area contributed by atoms with Crippen LogP contribution in [0.4, 0.5) is 0 Å². The molecule has 4 atom stereocenters. The lowest BCUT2D eigenvalue weighted by molar-refractivity contribution is -0.149. The van der Waals surface area contributed by atoms with E-state index >= 15 is 0 Å². The number of hydrogen-bond acceptors (Lipinski definition) is 8. The highest BCUT2D eigenvalue weighted by molar-refractivity contribution is 6.22.